The minimum Gasteiger partial charge on any atom is -0.496 e. The van der Waals surface area contributed by atoms with Crippen LogP contribution in [0.4, 0.5) is 4.39 Å². The Morgan fingerprint density at radius 3 is 2.56 bits per heavy atom. The van der Waals surface area contributed by atoms with Gasteiger partial charge in [0.1, 0.15) is 11.6 Å². The largest absolute Gasteiger partial charge is 0.496 e. The highest BCUT2D eigenvalue weighted by Crippen LogP contribution is 2.34. The first-order valence-corrected chi connectivity index (χ1v) is 6.11. The molecule has 0 heterocycles. The van der Waals surface area contributed by atoms with E-state index in [-0.39, 0.29) is 11.9 Å². The fourth-order valence-electron chi connectivity index (χ4n) is 2.26. The molecular formula is C14H22FNO2. The second kappa shape index (κ2) is 6.16. The number of methoxy groups -OCH3 is 1. The van der Waals surface area contributed by atoms with Crippen LogP contribution in [0, 0.1) is 5.82 Å². The highest BCUT2D eigenvalue weighted by atomic mass is 19.1. The Labute approximate surface area is 108 Å². The van der Waals surface area contributed by atoms with E-state index in [2.05, 4.69) is 5.32 Å². The van der Waals surface area contributed by atoms with Crippen molar-refractivity contribution >= 4 is 0 Å². The Morgan fingerprint density at radius 2 is 2.06 bits per heavy atom. The number of hydrogen-bond donors (Lipinski definition) is 1. The molecule has 0 amide bonds. The predicted octanol–water partition coefficient (Wildman–Crippen LogP) is 2.91. The van der Waals surface area contributed by atoms with Crippen molar-refractivity contribution in [2.75, 3.05) is 20.8 Å². The summed E-state index contributed by atoms with van der Waals surface area (Å²) in [5, 5.41) is 3.17. The van der Waals surface area contributed by atoms with Crippen LogP contribution in [0.5, 0.6) is 5.75 Å². The number of ether oxygens (including phenoxy) is 2. The highest BCUT2D eigenvalue weighted by molar-refractivity contribution is 5.38. The van der Waals surface area contributed by atoms with Crippen LogP contribution in [0.15, 0.2) is 18.2 Å². The van der Waals surface area contributed by atoms with Gasteiger partial charge in [0.15, 0.2) is 0 Å². The van der Waals surface area contributed by atoms with Gasteiger partial charge in [0, 0.05) is 12.2 Å². The SMILES string of the molecule is CCOC(C)(C)C(NC)c1cc(F)ccc1OC. The summed E-state index contributed by atoms with van der Waals surface area (Å²) in [6.07, 6.45) is 0. The molecule has 1 atom stereocenters. The summed E-state index contributed by atoms with van der Waals surface area (Å²) in [6, 6.07) is 4.36. The molecule has 4 heteroatoms. The first-order chi connectivity index (χ1) is 8.46. The topological polar surface area (TPSA) is 30.5 Å². The zero-order valence-corrected chi connectivity index (χ0v) is 11.7. The molecule has 1 N–H and O–H groups in total. The standard InChI is InChI=1S/C14H22FNO2/c1-6-18-14(2,3)13(16-4)11-9-10(15)7-8-12(11)17-5/h7-9,13,16H,6H2,1-5H3. The van der Waals surface area contributed by atoms with E-state index in [1.54, 1.807) is 13.2 Å². The molecule has 0 aromatic heterocycles. The normalized spacial score (nSPS) is 13.4. The number of likely N-dealkylation sites (N-methyl/N-ethyl adjacent to an activating group) is 1. The quantitative estimate of drug-likeness (QED) is 0.847. The fraction of sp³-hybridized carbons (Fsp3) is 0.571. The molecule has 18 heavy (non-hydrogen) atoms. The van der Waals surface area contributed by atoms with Crippen molar-refractivity contribution in [1.82, 2.24) is 5.32 Å². The molecule has 102 valence electrons. The van der Waals surface area contributed by atoms with Gasteiger partial charge in [-0.05, 0) is 46.0 Å². The van der Waals surface area contributed by atoms with Gasteiger partial charge in [-0.3, -0.25) is 0 Å². The van der Waals surface area contributed by atoms with Gasteiger partial charge in [0.25, 0.3) is 0 Å². The van der Waals surface area contributed by atoms with E-state index in [1.807, 2.05) is 27.8 Å². The maximum absolute atomic E-state index is 13.4. The third-order valence-electron chi connectivity index (χ3n) is 3.00. The van der Waals surface area contributed by atoms with E-state index >= 15 is 0 Å². The number of nitrogens with one attached hydrogen (secondary N) is 1. The molecule has 0 aliphatic carbocycles. The lowest BCUT2D eigenvalue weighted by Gasteiger charge is -2.35. The van der Waals surface area contributed by atoms with Crippen LogP contribution in [0.3, 0.4) is 0 Å². The third-order valence-corrected chi connectivity index (χ3v) is 3.00. The number of benzene rings is 1. The third kappa shape index (κ3) is 3.21. The molecule has 1 aromatic rings. The molecule has 0 fully saturated rings. The average Bonchev–Trinajstić information content (AvgIpc) is 2.29. The van der Waals surface area contributed by atoms with Crippen LogP contribution >= 0.6 is 0 Å². The second-order valence-corrected chi connectivity index (χ2v) is 4.64. The van der Waals surface area contributed by atoms with Crippen molar-refractivity contribution in [2.24, 2.45) is 0 Å². The summed E-state index contributed by atoms with van der Waals surface area (Å²) in [5.41, 5.74) is 0.309. The summed E-state index contributed by atoms with van der Waals surface area (Å²) >= 11 is 0. The highest BCUT2D eigenvalue weighted by Gasteiger charge is 2.32. The van der Waals surface area contributed by atoms with Crippen LogP contribution in [-0.2, 0) is 4.74 Å². The summed E-state index contributed by atoms with van der Waals surface area (Å²) < 4.78 is 24.5. The number of rotatable bonds is 6. The average molecular weight is 255 g/mol. The molecule has 0 aliphatic rings. The van der Waals surface area contributed by atoms with Gasteiger partial charge >= 0.3 is 0 Å². The maximum Gasteiger partial charge on any atom is 0.123 e. The lowest BCUT2D eigenvalue weighted by atomic mass is 9.91. The molecule has 1 aromatic carbocycles. The molecule has 0 radical (unpaired) electrons. The van der Waals surface area contributed by atoms with Crippen molar-refractivity contribution in [3.8, 4) is 5.75 Å². The number of hydrogen-bond acceptors (Lipinski definition) is 3. The maximum atomic E-state index is 13.4. The minimum absolute atomic E-state index is 0.150. The summed E-state index contributed by atoms with van der Waals surface area (Å²) in [5.74, 6) is 0.377. The molecular weight excluding hydrogens is 233 g/mol. The van der Waals surface area contributed by atoms with E-state index in [1.165, 1.54) is 12.1 Å². The van der Waals surface area contributed by atoms with Gasteiger partial charge in [-0.1, -0.05) is 0 Å². The molecule has 0 spiro atoms. The Bertz CT molecular complexity index is 393. The second-order valence-electron chi connectivity index (χ2n) is 4.64. The van der Waals surface area contributed by atoms with Crippen molar-refractivity contribution in [2.45, 2.75) is 32.4 Å². The Hall–Kier alpha value is -1.13. The number of halogens is 1. The molecule has 0 aliphatic heterocycles. The molecule has 0 saturated carbocycles. The minimum atomic E-state index is -0.454. The van der Waals surface area contributed by atoms with Gasteiger partial charge in [-0.25, -0.2) is 4.39 Å². The summed E-state index contributed by atoms with van der Waals surface area (Å²) in [6.45, 7) is 6.49. The molecule has 0 bridgehead atoms. The van der Waals surface area contributed by atoms with E-state index in [0.29, 0.717) is 12.4 Å². The van der Waals surface area contributed by atoms with E-state index in [0.717, 1.165) is 5.56 Å². The molecule has 1 unspecified atom stereocenters. The smallest absolute Gasteiger partial charge is 0.123 e. The Morgan fingerprint density at radius 1 is 1.39 bits per heavy atom. The van der Waals surface area contributed by atoms with Crippen molar-refractivity contribution in [1.29, 1.82) is 0 Å². The van der Waals surface area contributed by atoms with Gasteiger partial charge in [-0.15, -0.1) is 0 Å². The van der Waals surface area contributed by atoms with Gasteiger partial charge < -0.3 is 14.8 Å². The van der Waals surface area contributed by atoms with Crippen LogP contribution < -0.4 is 10.1 Å². The van der Waals surface area contributed by atoms with Crippen LogP contribution in [0.25, 0.3) is 0 Å². The summed E-state index contributed by atoms with van der Waals surface area (Å²) in [7, 11) is 3.41. The van der Waals surface area contributed by atoms with E-state index < -0.39 is 5.60 Å². The van der Waals surface area contributed by atoms with Crippen molar-refractivity contribution in [3.63, 3.8) is 0 Å². The lowest BCUT2D eigenvalue weighted by Crippen LogP contribution is -2.40. The molecule has 0 saturated heterocycles. The van der Waals surface area contributed by atoms with Crippen LogP contribution in [0.2, 0.25) is 0 Å². The lowest BCUT2D eigenvalue weighted by molar-refractivity contribution is -0.0379. The molecule has 1 rings (SSSR count). The van der Waals surface area contributed by atoms with Crippen molar-refractivity contribution < 1.29 is 13.9 Å². The van der Waals surface area contributed by atoms with Gasteiger partial charge in [-0.2, -0.15) is 0 Å². The Kier molecular flexibility index (Phi) is 5.11. The summed E-state index contributed by atoms with van der Waals surface area (Å²) in [4.78, 5) is 0. The fourth-order valence-corrected chi connectivity index (χ4v) is 2.26. The Balaban J connectivity index is 3.19. The first kappa shape index (κ1) is 14.9. The van der Waals surface area contributed by atoms with Crippen LogP contribution in [0.1, 0.15) is 32.4 Å². The first-order valence-electron chi connectivity index (χ1n) is 6.11. The zero-order chi connectivity index (χ0) is 13.8. The van der Waals surface area contributed by atoms with E-state index in [4.69, 9.17) is 9.47 Å². The van der Waals surface area contributed by atoms with Crippen molar-refractivity contribution in [3.05, 3.63) is 29.6 Å². The zero-order valence-electron chi connectivity index (χ0n) is 11.7. The van der Waals surface area contributed by atoms with Crippen LogP contribution in [-0.4, -0.2) is 26.4 Å². The van der Waals surface area contributed by atoms with Gasteiger partial charge in [0.2, 0.25) is 0 Å². The molecule has 3 nitrogen and oxygen atoms in total. The monoisotopic (exact) mass is 255 g/mol. The van der Waals surface area contributed by atoms with Gasteiger partial charge in [0.05, 0.1) is 18.8 Å². The van der Waals surface area contributed by atoms with E-state index in [9.17, 15) is 4.39 Å². The predicted molar refractivity (Wildman–Crippen MR) is 70.5 cm³/mol.